The van der Waals surface area contributed by atoms with Crippen LogP contribution in [0.5, 0.6) is 0 Å². The van der Waals surface area contributed by atoms with Gasteiger partial charge in [-0.2, -0.15) is 0 Å². The highest BCUT2D eigenvalue weighted by molar-refractivity contribution is 14.1. The molecule has 1 fully saturated rings. The van der Waals surface area contributed by atoms with Crippen LogP contribution in [0.2, 0.25) is 0 Å². The molecule has 130 valence electrons. The third-order valence-corrected chi connectivity index (χ3v) is 5.46. The van der Waals surface area contributed by atoms with Gasteiger partial charge in [-0.25, -0.2) is 4.39 Å². The number of fused-ring (bicyclic) bond motifs is 1. The first kappa shape index (κ1) is 16.6. The number of aromatic nitrogens is 1. The summed E-state index contributed by atoms with van der Waals surface area (Å²) in [5.74, 6) is -0.134. The maximum Gasteiger partial charge on any atom is 0.258 e. The van der Waals surface area contributed by atoms with Crippen molar-refractivity contribution in [1.29, 1.82) is 0 Å². The number of amides is 1. The summed E-state index contributed by atoms with van der Waals surface area (Å²) in [5.41, 5.74) is 1.26. The molecule has 0 unspecified atom stereocenters. The summed E-state index contributed by atoms with van der Waals surface area (Å²) >= 11 is 2.04. The molecule has 1 amide bonds. The summed E-state index contributed by atoms with van der Waals surface area (Å²) in [6.45, 7) is 0.640. The van der Waals surface area contributed by atoms with Crippen LogP contribution in [0.3, 0.4) is 0 Å². The van der Waals surface area contributed by atoms with Gasteiger partial charge in [-0.05, 0) is 65.6 Å². The Hall–Kier alpha value is -1.90. The van der Waals surface area contributed by atoms with Crippen molar-refractivity contribution in [3.63, 3.8) is 0 Å². The standard InChI is InChI=1S/C18H17FIN3O2/c1-22-15(24)8-10-6-7-23(12-3-4-12)18(25)16(10)17(22)21-14-5-2-11(20)9-13(14)19/h2,5,8-9,12,21H,3-4,6-7H2,1H3. The van der Waals surface area contributed by atoms with Crippen LogP contribution in [0.4, 0.5) is 15.9 Å². The summed E-state index contributed by atoms with van der Waals surface area (Å²) in [6.07, 6.45) is 2.71. The summed E-state index contributed by atoms with van der Waals surface area (Å²) in [7, 11) is 1.60. The van der Waals surface area contributed by atoms with Crippen molar-refractivity contribution >= 4 is 40.0 Å². The predicted octanol–water partition coefficient (Wildman–Crippen LogP) is 3.03. The molecule has 1 aliphatic heterocycles. The van der Waals surface area contributed by atoms with Crippen LogP contribution in [-0.2, 0) is 13.5 Å². The fourth-order valence-corrected chi connectivity index (χ4v) is 3.72. The van der Waals surface area contributed by atoms with Gasteiger partial charge in [0, 0.05) is 29.3 Å². The molecule has 0 saturated heterocycles. The average Bonchev–Trinajstić information content (AvgIpc) is 3.39. The SMILES string of the molecule is Cn1c(Nc2ccc(I)cc2F)c2c(cc1=O)CCN(C1CC1)C2=O. The minimum absolute atomic E-state index is 0.0761. The fraction of sp³-hybridized carbons (Fsp3) is 0.333. The van der Waals surface area contributed by atoms with Crippen molar-refractivity contribution in [3.8, 4) is 0 Å². The molecule has 0 bridgehead atoms. The van der Waals surface area contributed by atoms with Crippen molar-refractivity contribution in [1.82, 2.24) is 9.47 Å². The maximum absolute atomic E-state index is 14.3. The van der Waals surface area contributed by atoms with Crippen LogP contribution in [0.1, 0.15) is 28.8 Å². The van der Waals surface area contributed by atoms with Gasteiger partial charge < -0.3 is 10.2 Å². The summed E-state index contributed by atoms with van der Waals surface area (Å²) in [4.78, 5) is 27.1. The van der Waals surface area contributed by atoms with Gasteiger partial charge in [-0.3, -0.25) is 14.2 Å². The van der Waals surface area contributed by atoms with Gasteiger partial charge in [0.1, 0.15) is 11.6 Å². The fourth-order valence-electron chi connectivity index (χ4n) is 3.27. The van der Waals surface area contributed by atoms with E-state index >= 15 is 0 Å². The van der Waals surface area contributed by atoms with E-state index in [0.29, 0.717) is 30.4 Å². The van der Waals surface area contributed by atoms with E-state index in [9.17, 15) is 14.0 Å². The Morgan fingerprint density at radius 1 is 1.24 bits per heavy atom. The molecule has 2 aliphatic rings. The van der Waals surface area contributed by atoms with E-state index in [-0.39, 0.29) is 17.2 Å². The predicted molar refractivity (Wildman–Crippen MR) is 102 cm³/mol. The maximum atomic E-state index is 14.3. The van der Waals surface area contributed by atoms with E-state index in [1.54, 1.807) is 19.2 Å². The first-order valence-corrected chi connectivity index (χ1v) is 9.29. The van der Waals surface area contributed by atoms with Gasteiger partial charge in [0.15, 0.2) is 0 Å². The molecule has 4 rings (SSSR count). The monoisotopic (exact) mass is 453 g/mol. The van der Waals surface area contributed by atoms with Crippen LogP contribution in [-0.4, -0.2) is 28.0 Å². The highest BCUT2D eigenvalue weighted by Gasteiger charge is 2.38. The van der Waals surface area contributed by atoms with Crippen LogP contribution in [0.25, 0.3) is 0 Å². The highest BCUT2D eigenvalue weighted by Crippen LogP contribution is 2.34. The molecular weight excluding hydrogens is 436 g/mol. The molecule has 25 heavy (non-hydrogen) atoms. The zero-order valence-corrected chi connectivity index (χ0v) is 15.8. The Balaban J connectivity index is 1.82. The molecule has 2 aromatic rings. The third-order valence-electron chi connectivity index (χ3n) is 4.79. The van der Waals surface area contributed by atoms with E-state index in [1.165, 1.54) is 16.7 Å². The molecule has 0 radical (unpaired) electrons. The van der Waals surface area contributed by atoms with E-state index in [0.717, 1.165) is 22.0 Å². The largest absolute Gasteiger partial charge is 0.338 e. The van der Waals surface area contributed by atoms with Crippen LogP contribution in [0, 0.1) is 9.39 Å². The molecule has 1 N–H and O–H groups in total. The normalized spacial score (nSPS) is 16.8. The second-order valence-corrected chi connectivity index (χ2v) is 7.76. The molecule has 1 aliphatic carbocycles. The van der Waals surface area contributed by atoms with Crippen molar-refractivity contribution in [2.75, 3.05) is 11.9 Å². The lowest BCUT2D eigenvalue weighted by Gasteiger charge is -2.30. The Morgan fingerprint density at radius 3 is 2.68 bits per heavy atom. The van der Waals surface area contributed by atoms with Gasteiger partial charge in [0.25, 0.3) is 11.5 Å². The molecule has 5 nitrogen and oxygen atoms in total. The third kappa shape index (κ3) is 2.94. The Labute approximate surface area is 158 Å². The van der Waals surface area contributed by atoms with Crippen molar-refractivity contribution in [2.45, 2.75) is 25.3 Å². The average molecular weight is 453 g/mol. The number of hydrogen-bond donors (Lipinski definition) is 1. The minimum atomic E-state index is -0.417. The number of pyridine rings is 1. The number of hydrogen-bond acceptors (Lipinski definition) is 3. The van der Waals surface area contributed by atoms with Crippen molar-refractivity contribution in [3.05, 3.63) is 55.1 Å². The number of anilines is 2. The van der Waals surface area contributed by atoms with E-state index < -0.39 is 5.82 Å². The number of rotatable bonds is 3. The Morgan fingerprint density at radius 2 is 2.00 bits per heavy atom. The first-order chi connectivity index (χ1) is 12.0. The lowest BCUT2D eigenvalue weighted by molar-refractivity contribution is 0.0727. The lowest BCUT2D eigenvalue weighted by Crippen LogP contribution is -2.41. The number of nitrogens with zero attached hydrogens (tertiary/aromatic N) is 2. The highest BCUT2D eigenvalue weighted by atomic mass is 127. The molecule has 2 heterocycles. The van der Waals surface area contributed by atoms with Gasteiger partial charge >= 0.3 is 0 Å². The summed E-state index contributed by atoms with van der Waals surface area (Å²) in [5, 5.41) is 2.98. The molecular formula is C18H17FIN3O2. The van der Waals surface area contributed by atoms with Gasteiger partial charge in [0.2, 0.25) is 0 Å². The Kier molecular flexibility index (Phi) is 4.05. The number of carbonyl (C=O) groups is 1. The summed E-state index contributed by atoms with van der Waals surface area (Å²) < 4.78 is 16.4. The summed E-state index contributed by atoms with van der Waals surface area (Å²) in [6, 6.07) is 6.63. The number of nitrogens with one attached hydrogen (secondary N) is 1. The molecule has 1 aromatic carbocycles. The minimum Gasteiger partial charge on any atom is -0.338 e. The molecule has 0 spiro atoms. The van der Waals surface area contributed by atoms with Gasteiger partial charge in [-0.15, -0.1) is 0 Å². The van der Waals surface area contributed by atoms with E-state index in [4.69, 9.17) is 0 Å². The van der Waals surface area contributed by atoms with Crippen LogP contribution < -0.4 is 10.9 Å². The van der Waals surface area contributed by atoms with Gasteiger partial charge in [-0.1, -0.05) is 0 Å². The molecule has 1 aromatic heterocycles. The number of carbonyl (C=O) groups excluding carboxylic acids is 1. The quantitative estimate of drug-likeness (QED) is 0.728. The van der Waals surface area contributed by atoms with Crippen LogP contribution >= 0.6 is 22.6 Å². The van der Waals surface area contributed by atoms with Crippen molar-refractivity contribution < 1.29 is 9.18 Å². The zero-order chi connectivity index (χ0) is 17.7. The van der Waals surface area contributed by atoms with E-state index in [2.05, 4.69) is 5.32 Å². The topological polar surface area (TPSA) is 54.3 Å². The second-order valence-electron chi connectivity index (χ2n) is 6.52. The van der Waals surface area contributed by atoms with Crippen LogP contribution in [0.15, 0.2) is 29.1 Å². The molecule has 7 heteroatoms. The van der Waals surface area contributed by atoms with E-state index in [1.807, 2.05) is 27.5 Å². The smallest absolute Gasteiger partial charge is 0.258 e. The zero-order valence-electron chi connectivity index (χ0n) is 13.7. The number of benzene rings is 1. The Bertz CT molecular complexity index is 937. The van der Waals surface area contributed by atoms with Crippen molar-refractivity contribution in [2.24, 2.45) is 7.05 Å². The molecule has 0 atom stereocenters. The van der Waals surface area contributed by atoms with Gasteiger partial charge in [0.05, 0.1) is 11.3 Å². The second kappa shape index (κ2) is 6.12. The number of halogens is 2. The lowest BCUT2D eigenvalue weighted by atomic mass is 9.99. The molecule has 1 saturated carbocycles. The first-order valence-electron chi connectivity index (χ1n) is 8.21.